The molecule has 0 radical (unpaired) electrons. The molecule has 2 aromatic rings. The lowest BCUT2D eigenvalue weighted by Crippen LogP contribution is -2.51. The molecule has 0 aliphatic carbocycles. The highest BCUT2D eigenvalue weighted by molar-refractivity contribution is 8.18. The molecule has 0 spiro atoms. The highest BCUT2D eigenvalue weighted by Gasteiger charge is 2.38. The summed E-state index contributed by atoms with van der Waals surface area (Å²) in [7, 11) is 0. The van der Waals surface area contributed by atoms with Crippen LogP contribution in [0.2, 0.25) is 5.02 Å². The van der Waals surface area contributed by atoms with Gasteiger partial charge in [-0.05, 0) is 118 Å². The van der Waals surface area contributed by atoms with Crippen molar-refractivity contribution < 1.29 is 4.79 Å². The molecule has 1 unspecified atom stereocenters. The molecule has 2 aromatic carbocycles. The van der Waals surface area contributed by atoms with E-state index in [2.05, 4.69) is 68.9 Å². The number of benzene rings is 2. The Morgan fingerprint density at radius 2 is 1.94 bits per heavy atom. The number of rotatable bonds is 3. The van der Waals surface area contributed by atoms with Gasteiger partial charge in [-0.15, -0.1) is 0 Å². The molecule has 0 aromatic heterocycles. The number of amidine groups is 1. The number of nitrogens with zero attached hydrogens (tertiary/aromatic N) is 2. The minimum atomic E-state index is -0.113. The predicted molar refractivity (Wildman–Crippen MR) is 138 cm³/mol. The quantitative estimate of drug-likeness (QED) is 0.492. The van der Waals surface area contributed by atoms with Crippen molar-refractivity contribution in [3.8, 4) is 0 Å². The number of amides is 1. The van der Waals surface area contributed by atoms with Crippen LogP contribution >= 0.6 is 23.4 Å². The number of thioether (sulfide) groups is 1. The predicted octanol–water partition coefficient (Wildman–Crippen LogP) is 7.04. The fourth-order valence-electron chi connectivity index (χ4n) is 5.00. The first-order valence-corrected chi connectivity index (χ1v) is 12.2. The summed E-state index contributed by atoms with van der Waals surface area (Å²) < 4.78 is 0. The van der Waals surface area contributed by atoms with Gasteiger partial charge in [0.15, 0.2) is 5.17 Å². The molecule has 2 aliphatic rings. The van der Waals surface area contributed by atoms with Crippen molar-refractivity contribution in [2.45, 2.75) is 65.5 Å². The normalized spacial score (nSPS) is 22.6. The molecule has 6 heteroatoms. The summed E-state index contributed by atoms with van der Waals surface area (Å²) in [4.78, 5) is 20.3. The van der Waals surface area contributed by atoms with Crippen molar-refractivity contribution in [3.63, 3.8) is 0 Å². The van der Waals surface area contributed by atoms with Gasteiger partial charge < -0.3 is 10.2 Å². The van der Waals surface area contributed by atoms with E-state index in [4.69, 9.17) is 11.6 Å². The van der Waals surface area contributed by atoms with Crippen LogP contribution in [0.4, 0.5) is 11.4 Å². The van der Waals surface area contributed by atoms with Crippen LogP contribution in [0.5, 0.6) is 0 Å². The Labute approximate surface area is 200 Å². The molecule has 1 amide bonds. The largest absolute Gasteiger partial charge is 0.364 e. The molecule has 0 saturated carbocycles. The topological polar surface area (TPSA) is 44.7 Å². The zero-order chi connectivity index (χ0) is 23.2. The fourth-order valence-corrected chi connectivity index (χ4v) is 5.96. The summed E-state index contributed by atoms with van der Waals surface area (Å²) in [5, 5.41) is 4.12. The minimum Gasteiger partial charge on any atom is -0.364 e. The maximum Gasteiger partial charge on any atom is 0.264 e. The fraction of sp³-hybridized carbons (Fsp3) is 0.385. The molecule has 2 aliphatic heterocycles. The van der Waals surface area contributed by atoms with Crippen LogP contribution in [0, 0.1) is 6.92 Å². The molecule has 1 N–H and O–H groups in total. The van der Waals surface area contributed by atoms with Crippen molar-refractivity contribution in [1.82, 2.24) is 5.32 Å². The standard InChI is InChI=1S/C26H30ClN3OS/c1-15(2)30-22-11-16(3)18(12-21(22)17(4)14-26(30,5)6)13-23-24(31)29-25(32-23)28-20-9-7-19(27)8-10-20/h7-13,15,17H,14H2,1-6H3,(H,28,29,31)/b23-13-. The third-order valence-electron chi connectivity index (χ3n) is 6.17. The molecular formula is C26H30ClN3OS. The highest BCUT2D eigenvalue weighted by atomic mass is 35.5. The van der Waals surface area contributed by atoms with Crippen LogP contribution in [-0.2, 0) is 4.79 Å². The van der Waals surface area contributed by atoms with Gasteiger partial charge in [0, 0.05) is 22.3 Å². The summed E-state index contributed by atoms with van der Waals surface area (Å²) in [6, 6.07) is 12.2. The number of hydrogen-bond donors (Lipinski definition) is 1. The third-order valence-corrected chi connectivity index (χ3v) is 7.34. The summed E-state index contributed by atoms with van der Waals surface area (Å²) >= 11 is 7.32. The molecule has 2 heterocycles. The SMILES string of the molecule is Cc1cc2c(cc1/C=C1\SC(=Nc3ccc(Cl)cc3)NC1=O)C(C)CC(C)(C)N2C(C)C. The van der Waals surface area contributed by atoms with Crippen LogP contribution in [0.15, 0.2) is 46.3 Å². The number of aryl methyl sites for hydroxylation is 1. The maximum atomic E-state index is 12.6. The zero-order valence-electron chi connectivity index (χ0n) is 19.5. The van der Waals surface area contributed by atoms with Crippen molar-refractivity contribution in [2.75, 3.05) is 4.90 Å². The maximum absolute atomic E-state index is 12.6. The van der Waals surface area contributed by atoms with Gasteiger partial charge in [0.25, 0.3) is 5.91 Å². The van der Waals surface area contributed by atoms with Crippen LogP contribution in [-0.4, -0.2) is 22.7 Å². The summed E-state index contributed by atoms with van der Waals surface area (Å²) in [5.74, 6) is 0.345. The molecular weight excluding hydrogens is 438 g/mol. The van der Waals surface area contributed by atoms with Crippen LogP contribution in [0.1, 0.15) is 63.6 Å². The van der Waals surface area contributed by atoms with E-state index in [1.165, 1.54) is 28.6 Å². The number of anilines is 1. The Morgan fingerprint density at radius 1 is 1.25 bits per heavy atom. The number of carbonyl (C=O) groups excluding carboxylic acids is 1. The molecule has 1 fully saturated rings. The van der Waals surface area contributed by atoms with Crippen molar-refractivity contribution in [2.24, 2.45) is 4.99 Å². The van der Waals surface area contributed by atoms with E-state index in [0.717, 1.165) is 17.7 Å². The first-order valence-electron chi connectivity index (χ1n) is 11.0. The Morgan fingerprint density at radius 3 is 2.59 bits per heavy atom. The third kappa shape index (κ3) is 4.46. The van der Waals surface area contributed by atoms with E-state index in [9.17, 15) is 4.79 Å². The van der Waals surface area contributed by atoms with E-state index in [-0.39, 0.29) is 11.4 Å². The average molecular weight is 468 g/mol. The molecule has 4 rings (SSSR count). The number of aliphatic imine (C=N–C) groups is 1. The second-order valence-corrected chi connectivity index (χ2v) is 11.1. The first kappa shape index (κ1) is 22.9. The van der Waals surface area contributed by atoms with Gasteiger partial charge in [-0.1, -0.05) is 18.5 Å². The van der Waals surface area contributed by atoms with Gasteiger partial charge in [-0.3, -0.25) is 4.79 Å². The van der Waals surface area contributed by atoms with Gasteiger partial charge in [0.1, 0.15) is 0 Å². The Hall–Kier alpha value is -2.24. The van der Waals surface area contributed by atoms with Gasteiger partial charge in [-0.2, -0.15) is 0 Å². The van der Waals surface area contributed by atoms with Crippen molar-refractivity contribution >= 4 is 51.9 Å². The summed E-state index contributed by atoms with van der Waals surface area (Å²) in [5.41, 5.74) is 5.80. The van der Waals surface area contributed by atoms with Gasteiger partial charge in [-0.25, -0.2) is 4.99 Å². The molecule has 1 atom stereocenters. The molecule has 0 bridgehead atoms. The molecule has 32 heavy (non-hydrogen) atoms. The molecule has 4 nitrogen and oxygen atoms in total. The number of carbonyl (C=O) groups is 1. The van der Waals surface area contributed by atoms with E-state index in [0.29, 0.717) is 27.1 Å². The highest BCUT2D eigenvalue weighted by Crippen LogP contribution is 2.45. The van der Waals surface area contributed by atoms with Crippen LogP contribution < -0.4 is 10.2 Å². The van der Waals surface area contributed by atoms with Gasteiger partial charge in [0.2, 0.25) is 0 Å². The van der Waals surface area contributed by atoms with Gasteiger partial charge in [0.05, 0.1) is 10.6 Å². The molecule has 1 saturated heterocycles. The first-order chi connectivity index (χ1) is 15.0. The Balaban J connectivity index is 1.67. The molecule has 168 valence electrons. The number of hydrogen-bond acceptors (Lipinski definition) is 4. The second kappa shape index (κ2) is 8.60. The van der Waals surface area contributed by atoms with E-state index < -0.39 is 0 Å². The lowest BCUT2D eigenvalue weighted by Gasteiger charge is -2.50. The minimum absolute atomic E-state index is 0.112. The number of halogens is 1. The van der Waals surface area contributed by atoms with Crippen LogP contribution in [0.3, 0.4) is 0 Å². The van der Waals surface area contributed by atoms with E-state index >= 15 is 0 Å². The number of fused-ring (bicyclic) bond motifs is 1. The van der Waals surface area contributed by atoms with Crippen molar-refractivity contribution in [1.29, 1.82) is 0 Å². The zero-order valence-corrected chi connectivity index (χ0v) is 21.1. The Kier molecular flexibility index (Phi) is 6.17. The number of nitrogens with one attached hydrogen (secondary N) is 1. The summed E-state index contributed by atoms with van der Waals surface area (Å²) in [6.45, 7) is 13.6. The lowest BCUT2D eigenvalue weighted by molar-refractivity contribution is -0.115. The second-order valence-electron chi connectivity index (χ2n) is 9.61. The summed E-state index contributed by atoms with van der Waals surface area (Å²) in [6.07, 6.45) is 3.09. The lowest BCUT2D eigenvalue weighted by atomic mass is 9.78. The Bertz CT molecular complexity index is 1120. The average Bonchev–Trinajstić information content (AvgIpc) is 3.02. The smallest absolute Gasteiger partial charge is 0.264 e. The monoisotopic (exact) mass is 467 g/mol. The van der Waals surface area contributed by atoms with Crippen molar-refractivity contribution in [3.05, 3.63) is 63.0 Å². The van der Waals surface area contributed by atoms with E-state index in [1.807, 2.05) is 18.2 Å². The van der Waals surface area contributed by atoms with E-state index in [1.54, 1.807) is 12.1 Å². The van der Waals surface area contributed by atoms with Crippen LogP contribution in [0.25, 0.3) is 6.08 Å². The van der Waals surface area contributed by atoms with Gasteiger partial charge >= 0.3 is 0 Å².